The first-order chi connectivity index (χ1) is 18.7. The summed E-state index contributed by atoms with van der Waals surface area (Å²) in [6.45, 7) is 10.8. The molecule has 1 aliphatic rings. The largest absolute Gasteiger partial charge is 0.489 e. The summed E-state index contributed by atoms with van der Waals surface area (Å²) in [7, 11) is 0. The third kappa shape index (κ3) is 7.73. The molecule has 1 aliphatic heterocycles. The molecule has 1 fully saturated rings. The Bertz CT molecular complexity index is 1240. The van der Waals surface area contributed by atoms with E-state index in [0.717, 1.165) is 22.4 Å². The molecular weight excluding hydrogens is 488 g/mol. The number of nitrogens with zero attached hydrogens (tertiary/aromatic N) is 2. The maximum Gasteiger partial charge on any atom is 0.411 e. The lowest BCUT2D eigenvalue weighted by Gasteiger charge is -2.46. The minimum absolute atomic E-state index is 0.0921. The second-order valence-corrected chi connectivity index (χ2v) is 10.9. The van der Waals surface area contributed by atoms with Gasteiger partial charge in [0.1, 0.15) is 24.0 Å². The van der Waals surface area contributed by atoms with Crippen LogP contribution in [0.2, 0.25) is 0 Å². The number of rotatable bonds is 9. The first-order valence-electron chi connectivity index (χ1n) is 13.4. The van der Waals surface area contributed by atoms with Crippen LogP contribution in [0.3, 0.4) is 0 Å². The molecule has 204 valence electrons. The minimum Gasteiger partial charge on any atom is -0.489 e. The molecule has 1 saturated heterocycles. The van der Waals surface area contributed by atoms with Crippen molar-refractivity contribution >= 4 is 12.0 Å². The van der Waals surface area contributed by atoms with Crippen LogP contribution in [0.5, 0.6) is 5.75 Å². The van der Waals surface area contributed by atoms with Crippen LogP contribution in [-0.4, -0.2) is 46.0 Å². The van der Waals surface area contributed by atoms with Crippen LogP contribution in [0.15, 0.2) is 97.6 Å². The van der Waals surface area contributed by atoms with Crippen LogP contribution in [0.4, 0.5) is 4.79 Å². The molecule has 0 radical (unpaired) electrons. The Kier molecular flexibility index (Phi) is 9.07. The molecule has 3 aromatic rings. The zero-order valence-electron chi connectivity index (χ0n) is 23.1. The van der Waals surface area contributed by atoms with Gasteiger partial charge in [0.25, 0.3) is 0 Å². The molecule has 0 spiro atoms. The summed E-state index contributed by atoms with van der Waals surface area (Å²) in [6, 6.07) is 27.0. The first-order valence-corrected chi connectivity index (χ1v) is 13.4. The standard InChI is InChI=1S/C33H38N2O4/c1-5-12-30-31(36)34(22-26-13-8-6-9-14-26)23-28(35(30)32(37)39-33(2,3)4)21-25-17-19-29(20-18-25)38-24-27-15-10-7-11-16-27/h5-11,13-20,28,30H,1,12,21-24H2,2-4H3/t28-,30-/m0/s1. The summed E-state index contributed by atoms with van der Waals surface area (Å²) < 4.78 is 11.7. The van der Waals surface area contributed by atoms with Crippen molar-refractivity contribution in [2.24, 2.45) is 0 Å². The van der Waals surface area contributed by atoms with Gasteiger partial charge in [-0.3, -0.25) is 9.69 Å². The summed E-state index contributed by atoms with van der Waals surface area (Å²) in [5.41, 5.74) is 2.52. The van der Waals surface area contributed by atoms with Crippen LogP contribution in [0.25, 0.3) is 0 Å². The Morgan fingerprint density at radius 2 is 1.54 bits per heavy atom. The average molecular weight is 527 g/mol. The van der Waals surface area contributed by atoms with Crippen molar-refractivity contribution in [1.82, 2.24) is 9.80 Å². The SMILES string of the molecule is C=CC[C@H]1C(=O)N(Cc2ccccc2)C[C@H](Cc2ccc(OCc3ccccc3)cc2)N1C(=O)OC(C)(C)C. The molecule has 0 unspecified atom stereocenters. The average Bonchev–Trinajstić information content (AvgIpc) is 2.91. The number of piperazine rings is 1. The van der Waals surface area contributed by atoms with Crippen LogP contribution < -0.4 is 4.74 Å². The molecule has 0 bridgehead atoms. The molecule has 0 saturated carbocycles. The zero-order valence-corrected chi connectivity index (χ0v) is 23.1. The van der Waals surface area contributed by atoms with E-state index < -0.39 is 17.7 Å². The number of carbonyl (C=O) groups is 2. The number of benzene rings is 3. The summed E-state index contributed by atoms with van der Waals surface area (Å²) >= 11 is 0. The van der Waals surface area contributed by atoms with E-state index in [1.807, 2.05) is 111 Å². The highest BCUT2D eigenvalue weighted by Gasteiger charge is 2.44. The highest BCUT2D eigenvalue weighted by atomic mass is 16.6. The Morgan fingerprint density at radius 1 is 0.923 bits per heavy atom. The molecule has 4 rings (SSSR count). The molecule has 3 aromatic carbocycles. The highest BCUT2D eigenvalue weighted by molar-refractivity contribution is 5.87. The van der Waals surface area contributed by atoms with E-state index in [1.165, 1.54) is 0 Å². The smallest absolute Gasteiger partial charge is 0.411 e. The molecule has 1 heterocycles. The van der Waals surface area contributed by atoms with E-state index in [2.05, 4.69) is 6.58 Å². The van der Waals surface area contributed by atoms with E-state index in [1.54, 1.807) is 11.0 Å². The van der Waals surface area contributed by atoms with Gasteiger partial charge in [-0.25, -0.2) is 4.79 Å². The van der Waals surface area contributed by atoms with Gasteiger partial charge in [0.05, 0.1) is 6.04 Å². The van der Waals surface area contributed by atoms with Gasteiger partial charge in [0, 0.05) is 13.1 Å². The monoisotopic (exact) mass is 526 g/mol. The first kappa shape index (κ1) is 28.0. The Labute approximate surface area is 231 Å². The number of hydrogen-bond donors (Lipinski definition) is 0. The Hall–Kier alpha value is -4.06. The maximum atomic E-state index is 13.6. The number of amides is 2. The van der Waals surface area contributed by atoms with Gasteiger partial charge in [-0.1, -0.05) is 78.9 Å². The van der Waals surface area contributed by atoms with Crippen molar-refractivity contribution in [3.05, 3.63) is 114 Å². The molecule has 0 aromatic heterocycles. The lowest BCUT2D eigenvalue weighted by atomic mass is 9.96. The van der Waals surface area contributed by atoms with Crippen LogP contribution >= 0.6 is 0 Å². The van der Waals surface area contributed by atoms with Crippen molar-refractivity contribution in [1.29, 1.82) is 0 Å². The van der Waals surface area contributed by atoms with Crippen molar-refractivity contribution in [3.8, 4) is 5.75 Å². The third-order valence-corrected chi connectivity index (χ3v) is 6.61. The Morgan fingerprint density at radius 3 is 2.13 bits per heavy atom. The maximum absolute atomic E-state index is 13.6. The number of hydrogen-bond acceptors (Lipinski definition) is 4. The predicted octanol–water partition coefficient (Wildman–Crippen LogP) is 6.40. The molecule has 0 N–H and O–H groups in total. The van der Waals surface area contributed by atoms with Gasteiger partial charge in [0.2, 0.25) is 5.91 Å². The van der Waals surface area contributed by atoms with E-state index in [4.69, 9.17) is 9.47 Å². The van der Waals surface area contributed by atoms with Crippen molar-refractivity contribution in [2.45, 2.75) is 64.4 Å². The van der Waals surface area contributed by atoms with Crippen LogP contribution in [0.1, 0.15) is 43.9 Å². The fourth-order valence-electron chi connectivity index (χ4n) is 4.82. The normalized spacial score (nSPS) is 17.6. The molecular formula is C33H38N2O4. The molecule has 39 heavy (non-hydrogen) atoms. The minimum atomic E-state index is -0.678. The fraction of sp³-hybridized carbons (Fsp3) is 0.333. The summed E-state index contributed by atoms with van der Waals surface area (Å²) in [5.74, 6) is 0.686. The number of carbonyl (C=O) groups excluding carboxylic acids is 2. The number of ether oxygens (including phenoxy) is 2. The third-order valence-electron chi connectivity index (χ3n) is 6.61. The zero-order chi connectivity index (χ0) is 27.8. The molecule has 2 atom stereocenters. The molecule has 6 nitrogen and oxygen atoms in total. The second-order valence-electron chi connectivity index (χ2n) is 10.9. The lowest BCUT2D eigenvalue weighted by Crippen LogP contribution is -2.64. The van der Waals surface area contributed by atoms with Crippen molar-refractivity contribution in [2.75, 3.05) is 6.54 Å². The van der Waals surface area contributed by atoms with Crippen LogP contribution in [0, 0.1) is 0 Å². The van der Waals surface area contributed by atoms with Gasteiger partial charge in [-0.15, -0.1) is 6.58 Å². The summed E-state index contributed by atoms with van der Waals surface area (Å²) in [6.07, 6.45) is 2.15. The van der Waals surface area contributed by atoms with Crippen LogP contribution in [-0.2, 0) is 29.1 Å². The summed E-state index contributed by atoms with van der Waals surface area (Å²) in [4.78, 5) is 30.6. The van der Waals surface area contributed by atoms with Gasteiger partial charge < -0.3 is 14.4 Å². The molecule has 6 heteroatoms. The van der Waals surface area contributed by atoms with Crippen molar-refractivity contribution in [3.63, 3.8) is 0 Å². The predicted molar refractivity (Wildman–Crippen MR) is 153 cm³/mol. The Balaban J connectivity index is 1.56. The molecule has 0 aliphatic carbocycles. The quantitative estimate of drug-likeness (QED) is 0.303. The highest BCUT2D eigenvalue weighted by Crippen LogP contribution is 2.27. The topological polar surface area (TPSA) is 59.1 Å². The van der Waals surface area contributed by atoms with E-state index in [-0.39, 0.29) is 11.9 Å². The lowest BCUT2D eigenvalue weighted by molar-refractivity contribution is -0.145. The van der Waals surface area contributed by atoms with Crippen molar-refractivity contribution < 1.29 is 19.1 Å². The second kappa shape index (κ2) is 12.7. The van der Waals surface area contributed by atoms with Gasteiger partial charge >= 0.3 is 6.09 Å². The fourth-order valence-corrected chi connectivity index (χ4v) is 4.82. The van der Waals surface area contributed by atoms with E-state index >= 15 is 0 Å². The van der Waals surface area contributed by atoms with Gasteiger partial charge in [0.15, 0.2) is 0 Å². The van der Waals surface area contributed by atoms with Gasteiger partial charge in [-0.2, -0.15) is 0 Å². The van der Waals surface area contributed by atoms with E-state index in [9.17, 15) is 9.59 Å². The molecule has 2 amide bonds. The van der Waals surface area contributed by atoms with E-state index in [0.29, 0.717) is 32.5 Å². The van der Waals surface area contributed by atoms with Gasteiger partial charge in [-0.05, 0) is 62.4 Å². The summed E-state index contributed by atoms with van der Waals surface area (Å²) in [5, 5.41) is 0.